The van der Waals surface area contributed by atoms with Crippen molar-refractivity contribution >= 4 is 11.8 Å². The summed E-state index contributed by atoms with van der Waals surface area (Å²) in [6.45, 7) is 0.403. The first-order valence-corrected chi connectivity index (χ1v) is 10.4. The van der Waals surface area contributed by atoms with Gasteiger partial charge in [0.05, 0.1) is 6.54 Å². The molecule has 4 aliphatic carbocycles. The van der Waals surface area contributed by atoms with Crippen LogP contribution in [0.25, 0.3) is 0 Å². The molecule has 5 rings (SSSR count). The number of nitrogens with one attached hydrogen (secondary N) is 2. The summed E-state index contributed by atoms with van der Waals surface area (Å²) in [5.74, 6) is 2.37. The average Bonchev–Trinajstić information content (AvgIpc) is 2.63. The topological polar surface area (TPSA) is 84.2 Å². The number of amides is 2. The van der Waals surface area contributed by atoms with Crippen LogP contribution < -0.4 is 16.4 Å². The van der Waals surface area contributed by atoms with Gasteiger partial charge in [0.2, 0.25) is 11.8 Å². The lowest BCUT2D eigenvalue weighted by atomic mass is 9.49. The van der Waals surface area contributed by atoms with Gasteiger partial charge in [0.15, 0.2) is 0 Å². The Morgan fingerprint density at radius 1 is 0.963 bits per heavy atom. The van der Waals surface area contributed by atoms with E-state index < -0.39 is 0 Å². The van der Waals surface area contributed by atoms with Gasteiger partial charge in [-0.25, -0.2) is 0 Å². The van der Waals surface area contributed by atoms with Gasteiger partial charge in [0.1, 0.15) is 0 Å². The van der Waals surface area contributed by atoms with Crippen molar-refractivity contribution in [3.05, 3.63) is 35.9 Å². The zero-order valence-electron chi connectivity index (χ0n) is 16.0. The molecule has 2 amide bonds. The number of carbonyl (C=O) groups is 2. The van der Waals surface area contributed by atoms with Gasteiger partial charge < -0.3 is 16.4 Å². The van der Waals surface area contributed by atoms with E-state index in [9.17, 15) is 9.59 Å². The molecule has 146 valence electrons. The maximum absolute atomic E-state index is 12.5. The lowest BCUT2D eigenvalue weighted by molar-refractivity contribution is -0.131. The molecule has 1 aromatic carbocycles. The number of benzene rings is 1. The predicted octanol–water partition coefficient (Wildman–Crippen LogP) is 2.53. The van der Waals surface area contributed by atoms with Crippen molar-refractivity contribution < 1.29 is 9.59 Å². The fraction of sp³-hybridized carbons (Fsp3) is 0.636. The largest absolute Gasteiger partial charge is 0.353 e. The minimum Gasteiger partial charge on any atom is -0.353 e. The number of hydrogen-bond acceptors (Lipinski definition) is 3. The maximum atomic E-state index is 12.5. The van der Waals surface area contributed by atoms with Crippen LogP contribution in [0.15, 0.2) is 30.3 Å². The lowest BCUT2D eigenvalue weighted by Crippen LogP contribution is -2.48. The van der Waals surface area contributed by atoms with Crippen molar-refractivity contribution in [2.24, 2.45) is 28.9 Å². The molecular weight excluding hydrogens is 338 g/mol. The third kappa shape index (κ3) is 4.34. The van der Waals surface area contributed by atoms with E-state index in [4.69, 9.17) is 5.73 Å². The SMILES string of the molecule is NC(CNC(=O)CNC(=O)CC12CC3CC(CC(C3)C1)C2)c1ccccc1. The molecule has 1 atom stereocenters. The molecule has 0 radical (unpaired) electrons. The van der Waals surface area contributed by atoms with Crippen molar-refractivity contribution in [3.63, 3.8) is 0 Å². The van der Waals surface area contributed by atoms with E-state index >= 15 is 0 Å². The Bertz CT molecular complexity index is 653. The summed E-state index contributed by atoms with van der Waals surface area (Å²) in [7, 11) is 0. The molecule has 0 aromatic heterocycles. The highest BCUT2D eigenvalue weighted by atomic mass is 16.2. The number of nitrogens with two attached hydrogens (primary N) is 1. The molecule has 1 aromatic rings. The number of hydrogen-bond donors (Lipinski definition) is 3. The fourth-order valence-electron chi connectivity index (χ4n) is 6.19. The van der Waals surface area contributed by atoms with Gasteiger partial charge in [-0.15, -0.1) is 0 Å². The molecule has 4 bridgehead atoms. The van der Waals surface area contributed by atoms with Crippen LogP contribution >= 0.6 is 0 Å². The van der Waals surface area contributed by atoms with Crippen molar-refractivity contribution in [3.8, 4) is 0 Å². The molecule has 5 nitrogen and oxygen atoms in total. The zero-order valence-corrected chi connectivity index (χ0v) is 16.0. The van der Waals surface area contributed by atoms with Crippen LogP contribution in [-0.2, 0) is 9.59 Å². The van der Waals surface area contributed by atoms with Gasteiger partial charge in [-0.2, -0.15) is 0 Å². The van der Waals surface area contributed by atoms with Crippen LogP contribution in [0.5, 0.6) is 0 Å². The molecule has 4 N–H and O–H groups in total. The van der Waals surface area contributed by atoms with Crippen molar-refractivity contribution in [1.29, 1.82) is 0 Å². The van der Waals surface area contributed by atoms with Crippen molar-refractivity contribution in [2.75, 3.05) is 13.1 Å². The van der Waals surface area contributed by atoms with E-state index in [0.29, 0.717) is 13.0 Å². The van der Waals surface area contributed by atoms with E-state index in [0.717, 1.165) is 23.3 Å². The first kappa shape index (κ1) is 18.5. The summed E-state index contributed by atoms with van der Waals surface area (Å²) in [6, 6.07) is 9.46. The van der Waals surface area contributed by atoms with Crippen molar-refractivity contribution in [2.45, 2.75) is 51.0 Å². The minimum atomic E-state index is -0.238. The highest BCUT2D eigenvalue weighted by Gasteiger charge is 2.51. The molecule has 4 fully saturated rings. The Morgan fingerprint density at radius 2 is 1.56 bits per heavy atom. The summed E-state index contributed by atoms with van der Waals surface area (Å²) < 4.78 is 0. The van der Waals surface area contributed by atoms with Crippen LogP contribution in [0.2, 0.25) is 0 Å². The van der Waals surface area contributed by atoms with Crippen LogP contribution in [0.4, 0.5) is 0 Å². The Morgan fingerprint density at radius 3 is 2.15 bits per heavy atom. The van der Waals surface area contributed by atoms with E-state index in [2.05, 4.69) is 10.6 Å². The van der Waals surface area contributed by atoms with Gasteiger partial charge in [0.25, 0.3) is 0 Å². The van der Waals surface area contributed by atoms with Gasteiger partial charge >= 0.3 is 0 Å². The van der Waals surface area contributed by atoms with E-state index in [1.807, 2.05) is 30.3 Å². The Balaban J connectivity index is 1.20. The Hall–Kier alpha value is -1.88. The second kappa shape index (κ2) is 7.63. The monoisotopic (exact) mass is 369 g/mol. The molecule has 4 aliphatic rings. The zero-order chi connectivity index (χ0) is 18.9. The third-order valence-electron chi connectivity index (χ3n) is 6.89. The summed E-state index contributed by atoms with van der Waals surface area (Å²) in [6.07, 6.45) is 8.37. The summed E-state index contributed by atoms with van der Waals surface area (Å²) >= 11 is 0. The molecule has 1 unspecified atom stereocenters. The van der Waals surface area contributed by atoms with E-state index in [1.165, 1.54) is 38.5 Å². The maximum Gasteiger partial charge on any atom is 0.239 e. The summed E-state index contributed by atoms with van der Waals surface area (Å²) in [4.78, 5) is 24.5. The Kier molecular flexibility index (Phi) is 5.22. The average molecular weight is 370 g/mol. The second-order valence-corrected chi connectivity index (χ2v) is 9.19. The second-order valence-electron chi connectivity index (χ2n) is 9.19. The lowest BCUT2D eigenvalue weighted by Gasteiger charge is -2.56. The molecule has 0 heterocycles. The molecule has 5 heteroatoms. The molecule has 27 heavy (non-hydrogen) atoms. The van der Waals surface area contributed by atoms with E-state index in [1.54, 1.807) is 0 Å². The quantitative estimate of drug-likeness (QED) is 0.690. The normalized spacial score (nSPS) is 32.1. The smallest absolute Gasteiger partial charge is 0.239 e. The summed E-state index contributed by atoms with van der Waals surface area (Å²) in [5.41, 5.74) is 7.30. The standard InChI is InChI=1S/C22H31N3O2/c23-19(18-4-2-1-3-5-18)13-24-21(27)14-25-20(26)12-22-9-15-6-16(10-22)8-17(7-15)11-22/h1-5,15-17,19H,6-14,23H2,(H,24,27)(H,25,26). The molecule has 4 saturated carbocycles. The highest BCUT2D eigenvalue weighted by Crippen LogP contribution is 2.61. The van der Waals surface area contributed by atoms with Gasteiger partial charge in [-0.3, -0.25) is 9.59 Å². The predicted molar refractivity (Wildman–Crippen MR) is 105 cm³/mol. The van der Waals surface area contributed by atoms with Crippen LogP contribution in [0.3, 0.4) is 0 Å². The molecule has 0 spiro atoms. The van der Waals surface area contributed by atoms with Gasteiger partial charge in [0, 0.05) is 19.0 Å². The van der Waals surface area contributed by atoms with Gasteiger partial charge in [-0.05, 0) is 67.3 Å². The first-order chi connectivity index (χ1) is 13.0. The number of rotatable bonds is 7. The molecule has 0 aliphatic heterocycles. The molecule has 0 saturated heterocycles. The number of carbonyl (C=O) groups excluding carboxylic acids is 2. The Labute approximate surface area is 161 Å². The van der Waals surface area contributed by atoms with E-state index in [-0.39, 0.29) is 29.8 Å². The van der Waals surface area contributed by atoms with Crippen LogP contribution in [-0.4, -0.2) is 24.9 Å². The molecular formula is C22H31N3O2. The van der Waals surface area contributed by atoms with Gasteiger partial charge in [-0.1, -0.05) is 30.3 Å². The minimum absolute atomic E-state index is 0.0273. The first-order valence-electron chi connectivity index (χ1n) is 10.4. The van der Waals surface area contributed by atoms with Crippen LogP contribution in [0, 0.1) is 23.2 Å². The van der Waals surface area contributed by atoms with Crippen LogP contribution in [0.1, 0.15) is 56.6 Å². The highest BCUT2D eigenvalue weighted by molar-refractivity contribution is 5.85. The summed E-state index contributed by atoms with van der Waals surface area (Å²) in [5, 5.41) is 5.65. The van der Waals surface area contributed by atoms with Crippen molar-refractivity contribution in [1.82, 2.24) is 10.6 Å². The third-order valence-corrected chi connectivity index (χ3v) is 6.89. The fourth-order valence-corrected chi connectivity index (χ4v) is 6.19.